The van der Waals surface area contributed by atoms with Gasteiger partial charge < -0.3 is 4.42 Å². The number of rotatable bonds is 2. The second-order valence-electron chi connectivity index (χ2n) is 8.38. The summed E-state index contributed by atoms with van der Waals surface area (Å²) in [5, 5.41) is 0. The van der Waals surface area contributed by atoms with Crippen LogP contribution in [0.1, 0.15) is 64.2 Å². The predicted octanol–water partition coefficient (Wildman–Crippen LogP) is 5.93. The van der Waals surface area contributed by atoms with Crippen LogP contribution in [0.15, 0.2) is 28.9 Å². The van der Waals surface area contributed by atoms with Crippen molar-refractivity contribution in [2.45, 2.75) is 66.2 Å². The summed E-state index contributed by atoms with van der Waals surface area (Å²) in [6.07, 6.45) is 9.50. The monoisotopic (exact) mass is 286 g/mol. The lowest BCUT2D eigenvalue weighted by molar-refractivity contribution is -0.0528. The van der Waals surface area contributed by atoms with Gasteiger partial charge in [-0.3, -0.25) is 0 Å². The fourth-order valence-corrected chi connectivity index (χ4v) is 5.45. The van der Waals surface area contributed by atoms with Crippen LogP contribution >= 0.6 is 0 Å². The third-order valence-electron chi connectivity index (χ3n) is 6.68. The van der Waals surface area contributed by atoms with Gasteiger partial charge in [-0.1, -0.05) is 39.3 Å². The van der Waals surface area contributed by atoms with Crippen LogP contribution < -0.4 is 0 Å². The summed E-state index contributed by atoms with van der Waals surface area (Å²) in [5.74, 6) is 2.58. The highest BCUT2D eigenvalue weighted by Gasteiger charge is 2.52. The molecule has 0 radical (unpaired) electrons. The van der Waals surface area contributed by atoms with Crippen molar-refractivity contribution in [1.82, 2.24) is 0 Å². The molecule has 2 saturated carbocycles. The smallest absolute Gasteiger partial charge is 0.107 e. The van der Waals surface area contributed by atoms with Gasteiger partial charge in [-0.25, -0.2) is 0 Å². The Hall–Kier alpha value is -0.980. The van der Waals surface area contributed by atoms with Crippen molar-refractivity contribution >= 4 is 0 Å². The van der Waals surface area contributed by atoms with Crippen molar-refractivity contribution in [2.75, 3.05) is 0 Å². The minimum absolute atomic E-state index is 0.399. The first-order valence-electron chi connectivity index (χ1n) is 8.55. The lowest BCUT2D eigenvalue weighted by Gasteiger charge is -2.58. The van der Waals surface area contributed by atoms with Crippen molar-refractivity contribution < 1.29 is 4.42 Å². The quantitative estimate of drug-likeness (QED) is 0.614. The molecule has 116 valence electrons. The molecule has 0 aromatic carbocycles. The zero-order chi connectivity index (χ0) is 15.3. The minimum atomic E-state index is 0.399. The van der Waals surface area contributed by atoms with E-state index >= 15 is 0 Å². The van der Waals surface area contributed by atoms with Gasteiger partial charge in [0.1, 0.15) is 5.76 Å². The molecule has 0 spiro atoms. The maximum absolute atomic E-state index is 5.75. The lowest BCUT2D eigenvalue weighted by atomic mass is 9.47. The second-order valence-corrected chi connectivity index (χ2v) is 8.38. The van der Waals surface area contributed by atoms with Gasteiger partial charge in [0.2, 0.25) is 0 Å². The molecule has 3 unspecified atom stereocenters. The van der Waals surface area contributed by atoms with E-state index < -0.39 is 0 Å². The van der Waals surface area contributed by atoms with Gasteiger partial charge in [-0.2, -0.15) is 0 Å². The average molecular weight is 286 g/mol. The molecule has 2 fully saturated rings. The SMILES string of the molecule is C=C1CCC2C(C)(C)CCCC2(C)C1Cc1occc1C. The molecule has 1 aromatic rings. The Bertz CT molecular complexity index is 536. The zero-order valence-electron chi connectivity index (χ0n) is 14.2. The van der Waals surface area contributed by atoms with E-state index in [9.17, 15) is 0 Å². The molecule has 1 heterocycles. The molecule has 21 heavy (non-hydrogen) atoms. The van der Waals surface area contributed by atoms with Gasteiger partial charge in [0, 0.05) is 6.42 Å². The number of furan rings is 1. The molecule has 0 saturated heterocycles. The summed E-state index contributed by atoms with van der Waals surface area (Å²) in [7, 11) is 0. The summed E-state index contributed by atoms with van der Waals surface area (Å²) in [6, 6.07) is 2.09. The normalized spacial score (nSPS) is 35.5. The molecule has 2 aliphatic rings. The molecule has 1 nitrogen and oxygen atoms in total. The number of hydrogen-bond acceptors (Lipinski definition) is 1. The maximum atomic E-state index is 5.75. The van der Waals surface area contributed by atoms with Crippen LogP contribution in [0.2, 0.25) is 0 Å². The van der Waals surface area contributed by atoms with Crippen LogP contribution in [0.4, 0.5) is 0 Å². The van der Waals surface area contributed by atoms with E-state index in [0.29, 0.717) is 16.7 Å². The Morgan fingerprint density at radius 2 is 2.05 bits per heavy atom. The molecule has 1 heteroatoms. The highest BCUT2D eigenvalue weighted by atomic mass is 16.3. The van der Waals surface area contributed by atoms with Crippen molar-refractivity contribution in [2.24, 2.45) is 22.7 Å². The Labute approximate surface area is 129 Å². The van der Waals surface area contributed by atoms with E-state index in [1.807, 2.05) is 6.26 Å². The first-order valence-corrected chi connectivity index (χ1v) is 8.55. The van der Waals surface area contributed by atoms with Crippen LogP contribution in [0.3, 0.4) is 0 Å². The van der Waals surface area contributed by atoms with Crippen LogP contribution in [0, 0.1) is 29.6 Å². The zero-order valence-corrected chi connectivity index (χ0v) is 14.2. The third kappa shape index (κ3) is 2.39. The molecule has 3 atom stereocenters. The first-order chi connectivity index (χ1) is 9.84. The van der Waals surface area contributed by atoms with Crippen molar-refractivity contribution in [3.05, 3.63) is 35.8 Å². The van der Waals surface area contributed by atoms with Crippen molar-refractivity contribution in [3.63, 3.8) is 0 Å². The molecule has 0 N–H and O–H groups in total. The standard InChI is InChI=1S/C20H30O/c1-14-7-8-18-19(3,4)10-6-11-20(18,5)16(14)13-17-15(2)9-12-21-17/h9,12,16,18H,1,6-8,10-11,13H2,2-5H3. The summed E-state index contributed by atoms with van der Waals surface area (Å²) in [5.41, 5.74) is 3.63. The summed E-state index contributed by atoms with van der Waals surface area (Å²) in [4.78, 5) is 0. The molecule has 0 aliphatic heterocycles. The predicted molar refractivity (Wildman–Crippen MR) is 88.2 cm³/mol. The van der Waals surface area contributed by atoms with Gasteiger partial charge in [0.15, 0.2) is 0 Å². The van der Waals surface area contributed by atoms with Crippen LogP contribution in [0.5, 0.6) is 0 Å². The van der Waals surface area contributed by atoms with Crippen molar-refractivity contribution in [1.29, 1.82) is 0 Å². The molecule has 3 rings (SSSR count). The van der Waals surface area contributed by atoms with Crippen LogP contribution in [0.25, 0.3) is 0 Å². The molecular weight excluding hydrogens is 256 g/mol. The first kappa shape index (κ1) is 14.9. The highest BCUT2D eigenvalue weighted by Crippen LogP contribution is 2.61. The van der Waals surface area contributed by atoms with Gasteiger partial charge in [-0.05, 0) is 66.9 Å². The number of hydrogen-bond donors (Lipinski definition) is 0. The molecule has 0 bridgehead atoms. The van der Waals surface area contributed by atoms with E-state index in [4.69, 9.17) is 4.42 Å². The minimum Gasteiger partial charge on any atom is -0.469 e. The summed E-state index contributed by atoms with van der Waals surface area (Å²) < 4.78 is 5.75. The Morgan fingerprint density at radius 3 is 2.71 bits per heavy atom. The van der Waals surface area contributed by atoms with Gasteiger partial charge >= 0.3 is 0 Å². The average Bonchev–Trinajstić information content (AvgIpc) is 2.78. The van der Waals surface area contributed by atoms with E-state index in [-0.39, 0.29) is 0 Å². The highest BCUT2D eigenvalue weighted by molar-refractivity contribution is 5.22. The second kappa shape index (κ2) is 5.04. The van der Waals surface area contributed by atoms with Gasteiger partial charge in [-0.15, -0.1) is 0 Å². The number of fused-ring (bicyclic) bond motifs is 1. The topological polar surface area (TPSA) is 13.1 Å². The van der Waals surface area contributed by atoms with Crippen molar-refractivity contribution in [3.8, 4) is 0 Å². The Kier molecular flexibility index (Phi) is 3.58. The molecule has 2 aliphatic carbocycles. The van der Waals surface area contributed by atoms with Crippen LogP contribution in [-0.2, 0) is 6.42 Å². The van der Waals surface area contributed by atoms with E-state index in [2.05, 4.69) is 40.3 Å². The summed E-state index contributed by atoms with van der Waals surface area (Å²) in [6.45, 7) is 14.1. The Morgan fingerprint density at radius 1 is 1.29 bits per heavy atom. The fourth-order valence-electron chi connectivity index (χ4n) is 5.45. The fraction of sp³-hybridized carbons (Fsp3) is 0.700. The van der Waals surface area contributed by atoms with E-state index in [1.54, 1.807) is 0 Å². The van der Waals surface area contributed by atoms with Gasteiger partial charge in [0.05, 0.1) is 6.26 Å². The molecule has 0 amide bonds. The largest absolute Gasteiger partial charge is 0.469 e. The van der Waals surface area contributed by atoms with E-state index in [0.717, 1.165) is 12.3 Å². The number of aryl methyl sites for hydroxylation is 1. The number of allylic oxidation sites excluding steroid dienone is 1. The third-order valence-corrected chi connectivity index (χ3v) is 6.68. The maximum Gasteiger partial charge on any atom is 0.107 e. The van der Waals surface area contributed by atoms with Crippen LogP contribution in [-0.4, -0.2) is 0 Å². The Balaban J connectivity index is 1.93. The van der Waals surface area contributed by atoms with Gasteiger partial charge in [0.25, 0.3) is 0 Å². The lowest BCUT2D eigenvalue weighted by Crippen LogP contribution is -2.50. The molecule has 1 aromatic heterocycles. The summed E-state index contributed by atoms with van der Waals surface area (Å²) >= 11 is 0. The van der Waals surface area contributed by atoms with E-state index in [1.165, 1.54) is 49.0 Å². The molecular formula is C20H30O.